The molecule has 0 spiro atoms. The van der Waals surface area contributed by atoms with Gasteiger partial charge in [0.25, 0.3) is 0 Å². The number of rotatable bonds is 3. The third kappa shape index (κ3) is 8.31. The van der Waals surface area contributed by atoms with Crippen LogP contribution >= 0.6 is 10.0 Å². The van der Waals surface area contributed by atoms with Gasteiger partial charge in [-0.05, 0) is 18.8 Å². The van der Waals surface area contributed by atoms with E-state index in [1.807, 2.05) is 0 Å². The molecule has 0 aliphatic heterocycles. The van der Waals surface area contributed by atoms with Crippen molar-refractivity contribution in [2.24, 2.45) is 0 Å². The molecule has 0 fully saturated rings. The number of hydrogen-bond acceptors (Lipinski definition) is 1. The summed E-state index contributed by atoms with van der Waals surface area (Å²) >= 11 is 0. The predicted molar refractivity (Wildman–Crippen MR) is 48.5 cm³/mol. The highest BCUT2D eigenvalue weighted by Crippen LogP contribution is 2.32. The largest absolute Gasteiger partial charge is 0.307 e. The summed E-state index contributed by atoms with van der Waals surface area (Å²) in [5.41, 5.74) is 0. The Labute approximate surface area is 60.5 Å². The van der Waals surface area contributed by atoms with Gasteiger partial charge in [0.05, 0.1) is 0 Å². The summed E-state index contributed by atoms with van der Waals surface area (Å²) in [7, 11) is -0.330. The predicted octanol–water partition coefficient (Wildman–Crippen LogP) is 1.64. The molecule has 58 valence electrons. The van der Waals surface area contributed by atoms with Gasteiger partial charge >= 0.3 is 0 Å². The van der Waals surface area contributed by atoms with E-state index in [0.717, 1.165) is 0 Å². The molecule has 0 rings (SSSR count). The summed E-state index contributed by atoms with van der Waals surface area (Å²) in [6.07, 6.45) is 6.97. The van der Waals surface area contributed by atoms with Crippen molar-refractivity contribution in [1.82, 2.24) is 5.32 Å². The first kappa shape index (κ1) is 9.31. The molecule has 0 amide bonds. The molecule has 0 heterocycles. The Hall–Kier alpha value is 0.310. The average Bonchev–Trinajstić information content (AvgIpc) is 1.59. The Bertz CT molecular complexity index is 73.5. The third-order valence-corrected chi connectivity index (χ3v) is 1.96. The highest BCUT2D eigenvalue weighted by Gasteiger charge is 2.02. The van der Waals surface area contributed by atoms with Crippen LogP contribution in [0, 0.1) is 0 Å². The van der Waals surface area contributed by atoms with Gasteiger partial charge in [-0.1, -0.05) is 13.8 Å². The standard InChI is InChI=1S/C7H19NS/c1-7(2)8-6-9(3,4)5/h7-8H,6H2,1-5H3. The van der Waals surface area contributed by atoms with E-state index in [4.69, 9.17) is 0 Å². The Morgan fingerprint density at radius 1 is 1.22 bits per heavy atom. The van der Waals surface area contributed by atoms with E-state index >= 15 is 0 Å². The Balaban J connectivity index is 3.28. The lowest BCUT2D eigenvalue weighted by Crippen LogP contribution is -2.26. The van der Waals surface area contributed by atoms with E-state index < -0.39 is 0 Å². The molecular formula is C7H19NS. The van der Waals surface area contributed by atoms with Crippen LogP contribution in [0.15, 0.2) is 0 Å². The maximum atomic E-state index is 3.42. The topological polar surface area (TPSA) is 12.0 Å². The first-order valence-electron chi connectivity index (χ1n) is 3.31. The molecule has 1 nitrogen and oxygen atoms in total. The molecule has 0 radical (unpaired) electrons. The van der Waals surface area contributed by atoms with E-state index in [-0.39, 0.29) is 10.0 Å². The normalized spacial score (nSPS) is 14.4. The Kier molecular flexibility index (Phi) is 3.59. The van der Waals surface area contributed by atoms with Gasteiger partial charge in [-0.25, -0.2) is 10.0 Å². The van der Waals surface area contributed by atoms with Crippen molar-refractivity contribution in [1.29, 1.82) is 0 Å². The summed E-state index contributed by atoms with van der Waals surface area (Å²) in [6.45, 7) is 4.37. The highest BCUT2D eigenvalue weighted by atomic mass is 32.3. The first-order valence-corrected chi connectivity index (χ1v) is 6.34. The van der Waals surface area contributed by atoms with E-state index in [1.165, 1.54) is 5.88 Å². The Morgan fingerprint density at radius 3 is 1.78 bits per heavy atom. The van der Waals surface area contributed by atoms with Crippen molar-refractivity contribution in [2.75, 3.05) is 24.6 Å². The molecule has 0 aromatic heterocycles. The van der Waals surface area contributed by atoms with Gasteiger partial charge in [0.15, 0.2) is 0 Å². The molecule has 0 saturated carbocycles. The maximum Gasteiger partial charge on any atom is 0.0257 e. The second-order valence-corrected chi connectivity index (χ2v) is 8.06. The minimum Gasteiger partial charge on any atom is -0.307 e. The van der Waals surface area contributed by atoms with E-state index in [2.05, 4.69) is 37.9 Å². The second kappa shape index (κ2) is 3.47. The van der Waals surface area contributed by atoms with Crippen LogP contribution in [0.1, 0.15) is 13.8 Å². The number of nitrogens with one attached hydrogen (secondary N) is 1. The van der Waals surface area contributed by atoms with Crippen molar-refractivity contribution in [3.05, 3.63) is 0 Å². The fourth-order valence-corrected chi connectivity index (χ4v) is 1.25. The fourth-order valence-electron chi connectivity index (χ4n) is 0.417. The van der Waals surface area contributed by atoms with E-state index in [9.17, 15) is 0 Å². The van der Waals surface area contributed by atoms with Gasteiger partial charge in [-0.3, -0.25) is 0 Å². The smallest absolute Gasteiger partial charge is 0.0257 e. The molecule has 2 heteroatoms. The zero-order chi connectivity index (χ0) is 7.49. The minimum atomic E-state index is -0.330. The molecule has 0 aliphatic carbocycles. The molecule has 9 heavy (non-hydrogen) atoms. The van der Waals surface area contributed by atoms with Gasteiger partial charge in [0.2, 0.25) is 0 Å². The lowest BCUT2D eigenvalue weighted by Gasteiger charge is -2.26. The van der Waals surface area contributed by atoms with Crippen LogP contribution in [-0.4, -0.2) is 30.7 Å². The van der Waals surface area contributed by atoms with Crippen molar-refractivity contribution in [3.8, 4) is 0 Å². The lowest BCUT2D eigenvalue weighted by molar-refractivity contribution is 0.652. The zero-order valence-corrected chi connectivity index (χ0v) is 8.01. The van der Waals surface area contributed by atoms with E-state index in [0.29, 0.717) is 6.04 Å². The summed E-state index contributed by atoms with van der Waals surface area (Å²) in [4.78, 5) is 0. The van der Waals surface area contributed by atoms with Gasteiger partial charge in [0.1, 0.15) is 0 Å². The van der Waals surface area contributed by atoms with Crippen LogP contribution in [0.2, 0.25) is 0 Å². The molecule has 0 unspecified atom stereocenters. The summed E-state index contributed by atoms with van der Waals surface area (Å²) in [5.74, 6) is 1.19. The van der Waals surface area contributed by atoms with Gasteiger partial charge in [-0.2, -0.15) is 0 Å². The number of hydrogen-bond donors (Lipinski definition) is 1. The quantitative estimate of drug-likeness (QED) is 0.643. The summed E-state index contributed by atoms with van der Waals surface area (Å²) < 4.78 is 0. The highest BCUT2D eigenvalue weighted by molar-refractivity contribution is 8.32. The van der Waals surface area contributed by atoms with Crippen molar-refractivity contribution >= 4 is 10.0 Å². The summed E-state index contributed by atoms with van der Waals surface area (Å²) in [5, 5.41) is 3.42. The zero-order valence-electron chi connectivity index (χ0n) is 7.19. The third-order valence-electron chi connectivity index (χ3n) is 0.925. The molecule has 0 saturated heterocycles. The summed E-state index contributed by atoms with van der Waals surface area (Å²) in [6, 6.07) is 0.636. The van der Waals surface area contributed by atoms with Crippen molar-refractivity contribution in [2.45, 2.75) is 19.9 Å². The van der Waals surface area contributed by atoms with Gasteiger partial charge < -0.3 is 5.32 Å². The van der Waals surface area contributed by atoms with Crippen molar-refractivity contribution in [3.63, 3.8) is 0 Å². The van der Waals surface area contributed by atoms with E-state index in [1.54, 1.807) is 0 Å². The monoisotopic (exact) mass is 149 g/mol. The van der Waals surface area contributed by atoms with Crippen LogP contribution in [-0.2, 0) is 0 Å². The average molecular weight is 149 g/mol. The van der Waals surface area contributed by atoms with Crippen LogP contribution < -0.4 is 5.32 Å². The SMILES string of the molecule is CC(C)NCS(C)(C)C. The minimum absolute atomic E-state index is 0.330. The molecule has 0 aromatic rings. The first-order chi connectivity index (χ1) is 3.92. The van der Waals surface area contributed by atoms with Crippen molar-refractivity contribution < 1.29 is 0 Å². The lowest BCUT2D eigenvalue weighted by atomic mass is 10.4. The second-order valence-electron chi connectivity index (χ2n) is 3.59. The Morgan fingerprint density at radius 2 is 1.67 bits per heavy atom. The molecule has 0 aliphatic rings. The van der Waals surface area contributed by atoms with Crippen LogP contribution in [0.3, 0.4) is 0 Å². The molecule has 0 atom stereocenters. The molecular weight excluding hydrogens is 130 g/mol. The van der Waals surface area contributed by atoms with Gasteiger partial charge in [0, 0.05) is 11.9 Å². The molecule has 0 aromatic carbocycles. The van der Waals surface area contributed by atoms with Crippen LogP contribution in [0.4, 0.5) is 0 Å². The van der Waals surface area contributed by atoms with Crippen LogP contribution in [0.25, 0.3) is 0 Å². The van der Waals surface area contributed by atoms with Gasteiger partial charge in [-0.15, -0.1) is 0 Å². The fraction of sp³-hybridized carbons (Fsp3) is 1.00. The molecule has 0 bridgehead atoms. The van der Waals surface area contributed by atoms with Crippen LogP contribution in [0.5, 0.6) is 0 Å². The maximum absolute atomic E-state index is 3.42. The molecule has 1 N–H and O–H groups in total.